The molecule has 1 fully saturated rings. The van der Waals surface area contributed by atoms with E-state index >= 15 is 0 Å². The minimum atomic E-state index is -0.0448. The predicted octanol–water partition coefficient (Wildman–Crippen LogP) is 2.65. The molecule has 1 saturated heterocycles. The third-order valence-electron chi connectivity index (χ3n) is 4.14. The summed E-state index contributed by atoms with van der Waals surface area (Å²) in [4.78, 5) is 9.88. The molecule has 4 heterocycles. The third kappa shape index (κ3) is 2.72. The highest BCUT2D eigenvalue weighted by atomic mass is 32.1. The average Bonchev–Trinajstić information content (AvgIpc) is 3.22. The summed E-state index contributed by atoms with van der Waals surface area (Å²) in [6, 6.07) is 0.174. The molecule has 23 heavy (non-hydrogen) atoms. The van der Waals surface area contributed by atoms with Gasteiger partial charge in [0.2, 0.25) is 10.1 Å². The van der Waals surface area contributed by atoms with Gasteiger partial charge in [0.25, 0.3) is 0 Å². The highest BCUT2D eigenvalue weighted by Gasteiger charge is 2.31. The number of nitrogens with one attached hydrogen (secondary N) is 1. The zero-order chi connectivity index (χ0) is 15.8. The van der Waals surface area contributed by atoms with Crippen molar-refractivity contribution in [2.24, 2.45) is 0 Å². The first-order valence-electron chi connectivity index (χ1n) is 7.96. The second kappa shape index (κ2) is 5.93. The van der Waals surface area contributed by atoms with Gasteiger partial charge in [0.15, 0.2) is 0 Å². The van der Waals surface area contributed by atoms with Crippen LogP contribution in [0.2, 0.25) is 0 Å². The van der Waals surface area contributed by atoms with Crippen LogP contribution in [0.3, 0.4) is 0 Å². The van der Waals surface area contributed by atoms with Crippen molar-refractivity contribution in [3.63, 3.8) is 0 Å². The molecule has 3 aromatic heterocycles. The van der Waals surface area contributed by atoms with E-state index in [-0.39, 0.29) is 12.1 Å². The largest absolute Gasteiger partial charge is 0.368 e. The Kier molecular flexibility index (Phi) is 3.78. The van der Waals surface area contributed by atoms with Crippen LogP contribution in [0.5, 0.6) is 0 Å². The topological polar surface area (TPSA) is 69.3 Å². The van der Waals surface area contributed by atoms with E-state index in [9.17, 15) is 0 Å². The second-order valence-corrected chi connectivity index (χ2v) is 6.73. The molecule has 0 aromatic carbocycles. The molecule has 0 bridgehead atoms. The van der Waals surface area contributed by atoms with E-state index in [0.717, 1.165) is 47.6 Å². The van der Waals surface area contributed by atoms with Crippen molar-refractivity contribution in [1.82, 2.24) is 24.1 Å². The Hall–Kier alpha value is -1.93. The minimum absolute atomic E-state index is 0.0448. The highest BCUT2D eigenvalue weighted by molar-refractivity contribution is 7.20. The Morgan fingerprint density at radius 2 is 2.39 bits per heavy atom. The van der Waals surface area contributed by atoms with Crippen LogP contribution in [0.25, 0.3) is 4.96 Å². The van der Waals surface area contributed by atoms with Crippen molar-refractivity contribution in [3.05, 3.63) is 30.1 Å². The summed E-state index contributed by atoms with van der Waals surface area (Å²) in [5.41, 5.74) is 0.985. The van der Waals surface area contributed by atoms with E-state index in [1.54, 1.807) is 11.3 Å². The molecule has 0 amide bonds. The van der Waals surface area contributed by atoms with Gasteiger partial charge in [-0.2, -0.15) is 0 Å². The molecule has 0 spiro atoms. The Labute approximate surface area is 138 Å². The van der Waals surface area contributed by atoms with Crippen LogP contribution < -0.4 is 5.32 Å². The van der Waals surface area contributed by atoms with Gasteiger partial charge in [0, 0.05) is 25.5 Å². The molecule has 1 N–H and O–H groups in total. The smallest absolute Gasteiger partial charge is 0.214 e. The Balaban J connectivity index is 1.58. The van der Waals surface area contributed by atoms with Crippen LogP contribution in [-0.4, -0.2) is 36.8 Å². The monoisotopic (exact) mass is 332 g/mol. The number of anilines is 1. The highest BCUT2D eigenvalue weighted by Crippen LogP contribution is 2.31. The molecule has 122 valence electrons. The fourth-order valence-electron chi connectivity index (χ4n) is 3.05. The number of nitrogens with zero attached hydrogens (tertiary/aromatic N) is 5. The summed E-state index contributed by atoms with van der Waals surface area (Å²) >= 11 is 1.57. The van der Waals surface area contributed by atoms with Crippen LogP contribution in [0.15, 0.2) is 18.6 Å². The Morgan fingerprint density at radius 3 is 3.22 bits per heavy atom. The first-order valence-corrected chi connectivity index (χ1v) is 8.78. The van der Waals surface area contributed by atoms with E-state index in [1.807, 2.05) is 30.0 Å². The lowest BCUT2D eigenvalue weighted by Gasteiger charge is -2.31. The van der Waals surface area contributed by atoms with Gasteiger partial charge in [0.1, 0.15) is 11.9 Å². The Bertz CT molecular complexity index is 774. The van der Waals surface area contributed by atoms with Crippen LogP contribution in [0.4, 0.5) is 5.13 Å². The van der Waals surface area contributed by atoms with Gasteiger partial charge in [-0.3, -0.25) is 0 Å². The summed E-state index contributed by atoms with van der Waals surface area (Å²) < 4.78 is 10.0. The van der Waals surface area contributed by atoms with Gasteiger partial charge < -0.3 is 14.6 Å². The fraction of sp³-hybridized carbons (Fsp3) is 0.533. The molecule has 1 aliphatic rings. The van der Waals surface area contributed by atoms with Gasteiger partial charge in [-0.15, -0.1) is 5.10 Å². The van der Waals surface area contributed by atoms with Crippen molar-refractivity contribution >= 4 is 21.4 Å². The molecular formula is C15H20N6OS. The number of rotatable bonds is 4. The molecule has 4 rings (SSSR count). The number of fused-ring (bicyclic) bond motifs is 1. The zero-order valence-electron chi connectivity index (χ0n) is 13.3. The van der Waals surface area contributed by atoms with Crippen molar-refractivity contribution in [1.29, 1.82) is 0 Å². The van der Waals surface area contributed by atoms with Crippen LogP contribution in [0.1, 0.15) is 37.4 Å². The number of aryl methyl sites for hydroxylation is 2. The molecule has 0 aliphatic carbocycles. The number of imidazole rings is 2. The van der Waals surface area contributed by atoms with Crippen molar-refractivity contribution in [2.75, 3.05) is 11.9 Å². The lowest BCUT2D eigenvalue weighted by atomic mass is 10.0. The number of ether oxygens (including phenoxy) is 1. The van der Waals surface area contributed by atoms with Crippen LogP contribution in [0, 0.1) is 6.92 Å². The standard InChI is InChI=1S/C15H20N6OS/c1-3-20-7-6-16-13(20)12-11(5-4-8-22-12)18-14-19-21-9-10(2)17-15(21)23-14/h6-7,9,11-12H,3-5,8H2,1-2H3,(H,18,19)/t11-,12-/m0/s1. The molecule has 0 radical (unpaired) electrons. The maximum Gasteiger partial charge on any atom is 0.214 e. The number of aromatic nitrogens is 5. The summed E-state index contributed by atoms with van der Waals surface area (Å²) in [7, 11) is 0. The van der Waals surface area contributed by atoms with Crippen LogP contribution in [-0.2, 0) is 11.3 Å². The summed E-state index contributed by atoms with van der Waals surface area (Å²) in [5, 5.41) is 8.98. The van der Waals surface area contributed by atoms with E-state index in [2.05, 4.69) is 31.9 Å². The lowest BCUT2D eigenvalue weighted by Crippen LogP contribution is -2.35. The fourth-order valence-corrected chi connectivity index (χ4v) is 3.94. The molecular weight excluding hydrogens is 312 g/mol. The van der Waals surface area contributed by atoms with Gasteiger partial charge in [-0.05, 0) is 26.7 Å². The molecule has 2 atom stereocenters. The number of hydrogen-bond acceptors (Lipinski definition) is 6. The quantitative estimate of drug-likeness (QED) is 0.795. The van der Waals surface area contributed by atoms with Gasteiger partial charge in [-0.25, -0.2) is 14.5 Å². The van der Waals surface area contributed by atoms with Crippen molar-refractivity contribution < 1.29 is 4.74 Å². The Morgan fingerprint density at radius 1 is 1.48 bits per heavy atom. The average molecular weight is 332 g/mol. The van der Waals surface area contributed by atoms with Gasteiger partial charge >= 0.3 is 0 Å². The molecule has 8 heteroatoms. The van der Waals surface area contributed by atoms with Crippen molar-refractivity contribution in [3.8, 4) is 0 Å². The zero-order valence-corrected chi connectivity index (χ0v) is 14.1. The first kappa shape index (κ1) is 14.6. The molecule has 0 saturated carbocycles. The maximum atomic E-state index is 6.03. The molecule has 3 aromatic rings. The SMILES string of the molecule is CCn1ccnc1[C@H]1OCCC[C@@H]1Nc1nn2cc(C)nc2s1. The predicted molar refractivity (Wildman–Crippen MR) is 88.8 cm³/mol. The first-order chi connectivity index (χ1) is 11.2. The number of hydrogen-bond donors (Lipinski definition) is 1. The van der Waals surface area contributed by atoms with E-state index in [4.69, 9.17) is 4.74 Å². The summed E-state index contributed by atoms with van der Waals surface area (Å²) in [6.45, 7) is 5.77. The van der Waals surface area contributed by atoms with Gasteiger partial charge in [0.05, 0.1) is 17.9 Å². The normalized spacial score (nSPS) is 21.8. The summed E-state index contributed by atoms with van der Waals surface area (Å²) in [5.74, 6) is 0.988. The van der Waals surface area contributed by atoms with Crippen molar-refractivity contribution in [2.45, 2.75) is 45.4 Å². The van der Waals surface area contributed by atoms with E-state index < -0.39 is 0 Å². The van der Waals surface area contributed by atoms with E-state index in [1.165, 1.54) is 0 Å². The lowest BCUT2D eigenvalue weighted by molar-refractivity contribution is -0.00171. The van der Waals surface area contributed by atoms with E-state index in [0.29, 0.717) is 0 Å². The second-order valence-electron chi connectivity index (χ2n) is 5.77. The minimum Gasteiger partial charge on any atom is -0.368 e. The molecule has 0 unspecified atom stereocenters. The molecule has 1 aliphatic heterocycles. The molecule has 7 nitrogen and oxygen atoms in total. The van der Waals surface area contributed by atoms with Crippen LogP contribution >= 0.6 is 11.3 Å². The summed E-state index contributed by atoms with van der Waals surface area (Å²) in [6.07, 6.45) is 7.83. The van der Waals surface area contributed by atoms with Gasteiger partial charge in [-0.1, -0.05) is 11.3 Å². The third-order valence-corrected chi connectivity index (χ3v) is 4.99. The maximum absolute atomic E-state index is 6.03.